The molecule has 0 radical (unpaired) electrons. The zero-order valence-electron chi connectivity index (χ0n) is 15.2. The Balaban J connectivity index is 1.55. The fraction of sp³-hybridized carbons (Fsp3) is 0.0909. The van der Waals surface area contributed by atoms with E-state index < -0.39 is 0 Å². The van der Waals surface area contributed by atoms with Crippen molar-refractivity contribution in [3.8, 4) is 0 Å². The number of carbonyl (C=O) groups is 1. The highest BCUT2D eigenvalue weighted by Gasteiger charge is 2.16. The Morgan fingerprint density at radius 3 is 2.71 bits per heavy atom. The summed E-state index contributed by atoms with van der Waals surface area (Å²) in [6, 6.07) is 17.1. The van der Waals surface area contributed by atoms with Crippen LogP contribution in [0.4, 0.5) is 11.4 Å². The fourth-order valence-corrected chi connectivity index (χ4v) is 4.09. The molecule has 0 spiro atoms. The lowest BCUT2D eigenvalue weighted by Gasteiger charge is -2.11. The van der Waals surface area contributed by atoms with Gasteiger partial charge in [0.25, 0.3) is 5.91 Å². The molecule has 2 N–H and O–H groups in total. The molecule has 0 unspecified atom stereocenters. The van der Waals surface area contributed by atoms with Crippen LogP contribution in [-0.2, 0) is 6.54 Å². The summed E-state index contributed by atoms with van der Waals surface area (Å²) >= 11 is 7.34. The van der Waals surface area contributed by atoms with Gasteiger partial charge in [-0.15, -0.1) is 11.3 Å². The summed E-state index contributed by atoms with van der Waals surface area (Å²) in [6.45, 7) is 2.62. The number of aryl methyl sites for hydroxylation is 1. The predicted octanol–water partition coefficient (Wildman–Crippen LogP) is 6.12. The van der Waals surface area contributed by atoms with Crippen molar-refractivity contribution >= 4 is 51.1 Å². The van der Waals surface area contributed by atoms with Gasteiger partial charge in [0.15, 0.2) is 0 Å². The highest BCUT2D eigenvalue weighted by molar-refractivity contribution is 7.13. The van der Waals surface area contributed by atoms with Gasteiger partial charge in [-0.1, -0.05) is 29.8 Å². The molecule has 6 heteroatoms. The van der Waals surface area contributed by atoms with Gasteiger partial charge in [0, 0.05) is 28.8 Å². The van der Waals surface area contributed by atoms with Crippen molar-refractivity contribution in [1.82, 2.24) is 4.98 Å². The first-order valence-corrected chi connectivity index (χ1v) is 10.1. The standard InChI is InChI=1S/C22H18ClN3OS/c1-14-13-28-21(22(27)26-17-8-6-16(23)7-9-17)20(14)25-12-15-10-11-24-19-5-3-2-4-18(15)19/h2-11,13,25H,12H2,1H3,(H,26,27). The normalized spacial score (nSPS) is 10.8. The predicted molar refractivity (Wildman–Crippen MR) is 118 cm³/mol. The third kappa shape index (κ3) is 3.86. The number of hydrogen-bond donors (Lipinski definition) is 2. The first kappa shape index (κ1) is 18.5. The van der Waals surface area contributed by atoms with Crippen molar-refractivity contribution in [2.75, 3.05) is 10.6 Å². The molecule has 28 heavy (non-hydrogen) atoms. The number of hydrogen-bond acceptors (Lipinski definition) is 4. The Bertz CT molecular complexity index is 1130. The van der Waals surface area contributed by atoms with Crippen LogP contribution in [0.5, 0.6) is 0 Å². The summed E-state index contributed by atoms with van der Waals surface area (Å²) < 4.78 is 0. The SMILES string of the molecule is Cc1csc(C(=O)Nc2ccc(Cl)cc2)c1NCc1ccnc2ccccc12. The first-order chi connectivity index (χ1) is 13.6. The summed E-state index contributed by atoms with van der Waals surface area (Å²) in [6.07, 6.45) is 1.81. The number of anilines is 2. The molecule has 2 aromatic carbocycles. The van der Waals surface area contributed by atoms with E-state index >= 15 is 0 Å². The molecule has 1 amide bonds. The van der Waals surface area contributed by atoms with Crippen molar-refractivity contribution in [3.63, 3.8) is 0 Å². The molecule has 4 aromatic rings. The smallest absolute Gasteiger partial charge is 0.267 e. The number of carbonyl (C=O) groups excluding carboxylic acids is 1. The van der Waals surface area contributed by atoms with E-state index in [2.05, 4.69) is 21.7 Å². The van der Waals surface area contributed by atoms with E-state index in [0.29, 0.717) is 22.1 Å². The minimum absolute atomic E-state index is 0.137. The van der Waals surface area contributed by atoms with E-state index in [1.54, 1.807) is 24.3 Å². The van der Waals surface area contributed by atoms with Crippen LogP contribution < -0.4 is 10.6 Å². The Morgan fingerprint density at radius 2 is 1.89 bits per heavy atom. The third-order valence-electron chi connectivity index (χ3n) is 4.48. The highest BCUT2D eigenvalue weighted by atomic mass is 35.5. The maximum Gasteiger partial charge on any atom is 0.267 e. The summed E-state index contributed by atoms with van der Waals surface area (Å²) in [5, 5.41) is 10.1. The number of fused-ring (bicyclic) bond motifs is 1. The van der Waals surface area contributed by atoms with Gasteiger partial charge in [-0.25, -0.2) is 0 Å². The third-order valence-corrected chi connectivity index (χ3v) is 5.83. The molecule has 2 heterocycles. The van der Waals surface area contributed by atoms with Crippen LogP contribution >= 0.6 is 22.9 Å². The lowest BCUT2D eigenvalue weighted by atomic mass is 10.1. The van der Waals surface area contributed by atoms with Gasteiger partial charge in [-0.2, -0.15) is 0 Å². The van der Waals surface area contributed by atoms with E-state index in [9.17, 15) is 4.79 Å². The van der Waals surface area contributed by atoms with Crippen molar-refractivity contribution in [2.24, 2.45) is 0 Å². The number of pyridine rings is 1. The zero-order valence-corrected chi connectivity index (χ0v) is 16.8. The molecule has 0 atom stereocenters. The average molecular weight is 408 g/mol. The number of thiophene rings is 1. The second-order valence-electron chi connectivity index (χ2n) is 6.42. The van der Waals surface area contributed by atoms with E-state index in [-0.39, 0.29) is 5.91 Å². The molecule has 0 fully saturated rings. The van der Waals surface area contributed by atoms with Gasteiger partial charge < -0.3 is 10.6 Å². The van der Waals surface area contributed by atoms with Crippen LogP contribution in [0.3, 0.4) is 0 Å². The lowest BCUT2D eigenvalue weighted by molar-refractivity contribution is 0.103. The van der Waals surface area contributed by atoms with E-state index in [4.69, 9.17) is 11.6 Å². The largest absolute Gasteiger partial charge is 0.379 e. The van der Waals surface area contributed by atoms with Gasteiger partial charge in [0.1, 0.15) is 4.88 Å². The number of nitrogens with one attached hydrogen (secondary N) is 2. The molecule has 2 aromatic heterocycles. The summed E-state index contributed by atoms with van der Waals surface area (Å²) in [7, 11) is 0. The molecule has 4 nitrogen and oxygen atoms in total. The van der Waals surface area contributed by atoms with Crippen LogP contribution in [-0.4, -0.2) is 10.9 Å². The first-order valence-electron chi connectivity index (χ1n) is 8.83. The van der Waals surface area contributed by atoms with Crippen molar-refractivity contribution in [3.05, 3.63) is 87.2 Å². The van der Waals surface area contributed by atoms with Crippen LogP contribution in [0.25, 0.3) is 10.9 Å². The summed E-state index contributed by atoms with van der Waals surface area (Å²) in [5.41, 5.74) is 4.72. The second kappa shape index (κ2) is 8.00. The maximum absolute atomic E-state index is 12.8. The lowest BCUT2D eigenvalue weighted by Crippen LogP contribution is -2.13. The highest BCUT2D eigenvalue weighted by Crippen LogP contribution is 2.30. The molecule has 0 aliphatic heterocycles. The van der Waals surface area contributed by atoms with Gasteiger partial charge >= 0.3 is 0 Å². The molecule has 4 rings (SSSR count). The van der Waals surface area contributed by atoms with Gasteiger partial charge in [-0.3, -0.25) is 9.78 Å². The number of rotatable bonds is 5. The van der Waals surface area contributed by atoms with Crippen LogP contribution in [0, 0.1) is 6.92 Å². The molecular formula is C22H18ClN3OS. The minimum Gasteiger partial charge on any atom is -0.379 e. The van der Waals surface area contributed by atoms with Gasteiger partial charge in [-0.05, 0) is 59.8 Å². The second-order valence-corrected chi connectivity index (χ2v) is 7.74. The minimum atomic E-state index is -0.137. The molecule has 0 saturated carbocycles. The number of benzene rings is 2. The molecule has 0 aliphatic rings. The number of amides is 1. The van der Waals surface area contributed by atoms with Crippen LogP contribution in [0.15, 0.2) is 66.2 Å². The topological polar surface area (TPSA) is 54.0 Å². The van der Waals surface area contributed by atoms with E-state index in [1.807, 2.05) is 42.8 Å². The number of nitrogens with zero attached hydrogens (tertiary/aromatic N) is 1. The van der Waals surface area contributed by atoms with Crippen LogP contribution in [0.2, 0.25) is 5.02 Å². The average Bonchev–Trinajstić information content (AvgIpc) is 3.08. The fourth-order valence-electron chi connectivity index (χ4n) is 3.04. The monoisotopic (exact) mass is 407 g/mol. The number of aromatic nitrogens is 1. The van der Waals surface area contributed by atoms with E-state index in [0.717, 1.165) is 27.7 Å². The number of para-hydroxylation sites is 1. The Kier molecular flexibility index (Phi) is 5.28. The number of halogens is 1. The molecule has 0 saturated heterocycles. The quantitative estimate of drug-likeness (QED) is 0.418. The van der Waals surface area contributed by atoms with Crippen molar-refractivity contribution in [1.29, 1.82) is 0 Å². The van der Waals surface area contributed by atoms with Crippen molar-refractivity contribution < 1.29 is 4.79 Å². The summed E-state index contributed by atoms with van der Waals surface area (Å²) in [4.78, 5) is 17.8. The van der Waals surface area contributed by atoms with E-state index in [1.165, 1.54) is 11.3 Å². The molecule has 0 bridgehead atoms. The Morgan fingerprint density at radius 1 is 1.11 bits per heavy atom. The van der Waals surface area contributed by atoms with Crippen LogP contribution in [0.1, 0.15) is 20.8 Å². The van der Waals surface area contributed by atoms with Gasteiger partial charge in [0.2, 0.25) is 0 Å². The van der Waals surface area contributed by atoms with Crippen molar-refractivity contribution in [2.45, 2.75) is 13.5 Å². The molecule has 140 valence electrons. The molecular weight excluding hydrogens is 390 g/mol. The maximum atomic E-state index is 12.8. The Hall–Kier alpha value is -2.89. The summed E-state index contributed by atoms with van der Waals surface area (Å²) in [5.74, 6) is -0.137. The van der Waals surface area contributed by atoms with Gasteiger partial charge in [0.05, 0.1) is 11.2 Å². The molecule has 0 aliphatic carbocycles. The Labute approximate surface area is 172 Å². The zero-order chi connectivity index (χ0) is 19.5.